The van der Waals surface area contributed by atoms with E-state index in [1.165, 1.54) is 6.07 Å². The maximum absolute atomic E-state index is 14.8. The number of methoxy groups -OCH3 is 1. The third kappa shape index (κ3) is 2.78. The Kier molecular flexibility index (Phi) is 4.15. The standard InChI is InChI=1S/C19H20FN3OS/c1-24-14-6-8-22-17(10-14)12-4-5-16(20)15(9-12)19-7-2-3-13(19)11-25-18(21)23-19/h4-6,8-10,13H,2-3,7,11H2,1H3,(H2,21,23)/t13?,19-/m0/s1. The van der Waals surface area contributed by atoms with Crippen molar-refractivity contribution in [1.82, 2.24) is 4.98 Å². The molecule has 0 radical (unpaired) electrons. The molecule has 1 aliphatic carbocycles. The van der Waals surface area contributed by atoms with Gasteiger partial charge >= 0.3 is 0 Å². The Morgan fingerprint density at radius 3 is 3.04 bits per heavy atom. The molecule has 0 amide bonds. The molecule has 1 saturated carbocycles. The minimum atomic E-state index is -0.533. The number of halogens is 1. The molecule has 4 nitrogen and oxygen atoms in total. The third-order valence-corrected chi connectivity index (χ3v) is 6.18. The molecule has 4 rings (SSSR count). The van der Waals surface area contributed by atoms with Crippen LogP contribution < -0.4 is 10.5 Å². The number of amidine groups is 1. The van der Waals surface area contributed by atoms with Crippen molar-refractivity contribution in [1.29, 1.82) is 0 Å². The highest BCUT2D eigenvalue weighted by molar-refractivity contribution is 8.13. The van der Waals surface area contributed by atoms with Crippen molar-refractivity contribution in [2.24, 2.45) is 16.6 Å². The molecule has 2 heterocycles. The van der Waals surface area contributed by atoms with Crippen molar-refractivity contribution in [3.8, 4) is 17.0 Å². The Labute approximate surface area is 150 Å². The highest BCUT2D eigenvalue weighted by atomic mass is 32.2. The van der Waals surface area contributed by atoms with Crippen LogP contribution in [0.1, 0.15) is 24.8 Å². The molecule has 25 heavy (non-hydrogen) atoms. The van der Waals surface area contributed by atoms with Gasteiger partial charge in [0.25, 0.3) is 0 Å². The number of aromatic nitrogens is 1. The van der Waals surface area contributed by atoms with Crippen molar-refractivity contribution < 1.29 is 9.13 Å². The fourth-order valence-corrected chi connectivity index (χ4v) is 5.01. The largest absolute Gasteiger partial charge is 0.497 e. The lowest BCUT2D eigenvalue weighted by atomic mass is 9.80. The van der Waals surface area contributed by atoms with E-state index in [0.717, 1.165) is 42.0 Å². The van der Waals surface area contributed by atoms with Crippen LogP contribution in [0.3, 0.4) is 0 Å². The van der Waals surface area contributed by atoms with Crippen LogP contribution in [0.2, 0.25) is 0 Å². The first-order valence-corrected chi connectivity index (χ1v) is 9.39. The zero-order chi connectivity index (χ0) is 17.4. The highest BCUT2D eigenvalue weighted by Gasteiger charge is 2.48. The summed E-state index contributed by atoms with van der Waals surface area (Å²) in [7, 11) is 1.62. The van der Waals surface area contributed by atoms with E-state index in [1.807, 2.05) is 12.1 Å². The predicted molar refractivity (Wildman–Crippen MR) is 99.3 cm³/mol. The van der Waals surface area contributed by atoms with Crippen molar-refractivity contribution in [3.05, 3.63) is 47.9 Å². The Morgan fingerprint density at radius 2 is 2.20 bits per heavy atom. The van der Waals surface area contributed by atoms with E-state index in [0.29, 0.717) is 16.6 Å². The second kappa shape index (κ2) is 6.33. The smallest absolute Gasteiger partial charge is 0.154 e. The molecule has 1 fully saturated rings. The van der Waals surface area contributed by atoms with Gasteiger partial charge in [0, 0.05) is 29.1 Å². The van der Waals surface area contributed by atoms with E-state index in [4.69, 9.17) is 15.5 Å². The molecule has 2 aromatic rings. The molecule has 1 aromatic heterocycles. The number of hydrogen-bond donors (Lipinski definition) is 1. The number of nitrogens with zero attached hydrogens (tertiary/aromatic N) is 2. The Balaban J connectivity index is 1.84. The fourth-order valence-electron chi connectivity index (χ4n) is 3.97. The molecule has 1 unspecified atom stereocenters. The molecule has 2 atom stereocenters. The number of rotatable bonds is 3. The zero-order valence-electron chi connectivity index (χ0n) is 14.0. The van der Waals surface area contributed by atoms with Crippen molar-refractivity contribution >= 4 is 16.9 Å². The van der Waals surface area contributed by atoms with E-state index >= 15 is 0 Å². The summed E-state index contributed by atoms with van der Waals surface area (Å²) in [6.07, 6.45) is 4.64. The SMILES string of the molecule is COc1ccnc(-c2ccc(F)c([C@]34CCCC3CSC(N)=N4)c2)c1. The van der Waals surface area contributed by atoms with Gasteiger partial charge in [0.1, 0.15) is 11.6 Å². The monoisotopic (exact) mass is 357 g/mol. The number of fused-ring (bicyclic) bond motifs is 1. The number of ether oxygens (including phenoxy) is 1. The van der Waals surface area contributed by atoms with Crippen LogP contribution in [0.25, 0.3) is 11.3 Å². The Bertz CT molecular complexity index is 841. The minimum absolute atomic E-state index is 0.220. The summed E-state index contributed by atoms with van der Waals surface area (Å²) < 4.78 is 20.1. The number of hydrogen-bond acceptors (Lipinski definition) is 5. The van der Waals surface area contributed by atoms with Gasteiger partial charge in [-0.05, 0) is 43.0 Å². The van der Waals surface area contributed by atoms with E-state index < -0.39 is 5.54 Å². The number of aliphatic imine (C=N–C) groups is 1. The van der Waals surface area contributed by atoms with E-state index in [1.54, 1.807) is 37.2 Å². The van der Waals surface area contributed by atoms with Crippen LogP contribution in [-0.4, -0.2) is 23.0 Å². The predicted octanol–water partition coefficient (Wildman–Crippen LogP) is 3.95. The average molecular weight is 357 g/mol. The summed E-state index contributed by atoms with van der Waals surface area (Å²) in [4.78, 5) is 9.15. The quantitative estimate of drug-likeness (QED) is 0.903. The maximum atomic E-state index is 14.8. The molecule has 2 N–H and O–H groups in total. The van der Waals surface area contributed by atoms with Gasteiger partial charge in [-0.2, -0.15) is 0 Å². The van der Waals surface area contributed by atoms with Crippen LogP contribution in [0.4, 0.5) is 4.39 Å². The molecule has 0 spiro atoms. The molecule has 2 aliphatic rings. The Hall–Kier alpha value is -2.08. The summed E-state index contributed by atoms with van der Waals surface area (Å²) in [6.45, 7) is 0. The van der Waals surface area contributed by atoms with E-state index in [-0.39, 0.29) is 5.82 Å². The summed E-state index contributed by atoms with van der Waals surface area (Å²) in [5.41, 5.74) is 7.74. The first kappa shape index (κ1) is 16.4. The summed E-state index contributed by atoms with van der Waals surface area (Å²) >= 11 is 1.58. The summed E-state index contributed by atoms with van der Waals surface area (Å²) in [5.74, 6) is 1.73. The van der Waals surface area contributed by atoms with Crippen LogP contribution in [0.5, 0.6) is 5.75 Å². The molecule has 1 aromatic carbocycles. The number of thioether (sulfide) groups is 1. The average Bonchev–Trinajstić information content (AvgIpc) is 3.06. The molecular weight excluding hydrogens is 337 g/mol. The van der Waals surface area contributed by atoms with Gasteiger partial charge in [-0.25, -0.2) is 4.39 Å². The molecule has 130 valence electrons. The normalized spacial score (nSPS) is 25.4. The van der Waals surface area contributed by atoms with Crippen molar-refractivity contribution in [2.45, 2.75) is 24.8 Å². The lowest BCUT2D eigenvalue weighted by Crippen LogP contribution is -2.37. The minimum Gasteiger partial charge on any atom is -0.497 e. The highest BCUT2D eigenvalue weighted by Crippen LogP contribution is 2.51. The van der Waals surface area contributed by atoms with Gasteiger partial charge in [-0.3, -0.25) is 9.98 Å². The van der Waals surface area contributed by atoms with Crippen LogP contribution in [0, 0.1) is 11.7 Å². The number of benzene rings is 1. The number of pyridine rings is 1. The molecule has 0 saturated heterocycles. The van der Waals surface area contributed by atoms with Gasteiger partial charge in [0.05, 0.1) is 18.3 Å². The molecule has 6 heteroatoms. The van der Waals surface area contributed by atoms with Gasteiger partial charge in [-0.1, -0.05) is 18.2 Å². The van der Waals surface area contributed by atoms with Gasteiger partial charge in [0.15, 0.2) is 5.17 Å². The first-order chi connectivity index (χ1) is 12.1. The molecule has 0 bridgehead atoms. The number of nitrogens with two attached hydrogens (primary N) is 1. The van der Waals surface area contributed by atoms with Gasteiger partial charge in [-0.15, -0.1) is 0 Å². The molecule has 1 aliphatic heterocycles. The molecular formula is C19H20FN3OS. The lowest BCUT2D eigenvalue weighted by molar-refractivity contribution is 0.341. The van der Waals surface area contributed by atoms with Crippen molar-refractivity contribution in [3.63, 3.8) is 0 Å². The lowest BCUT2D eigenvalue weighted by Gasteiger charge is -2.36. The van der Waals surface area contributed by atoms with Crippen LogP contribution in [0.15, 0.2) is 41.5 Å². The van der Waals surface area contributed by atoms with Crippen molar-refractivity contribution in [2.75, 3.05) is 12.9 Å². The van der Waals surface area contributed by atoms with Gasteiger partial charge in [0.2, 0.25) is 0 Å². The van der Waals surface area contributed by atoms with Crippen LogP contribution in [-0.2, 0) is 5.54 Å². The van der Waals surface area contributed by atoms with Crippen LogP contribution >= 0.6 is 11.8 Å². The third-order valence-electron chi connectivity index (χ3n) is 5.22. The van der Waals surface area contributed by atoms with E-state index in [2.05, 4.69) is 4.98 Å². The second-order valence-corrected chi connectivity index (χ2v) is 7.59. The summed E-state index contributed by atoms with van der Waals surface area (Å²) in [5, 5.41) is 0.558. The first-order valence-electron chi connectivity index (χ1n) is 8.41. The van der Waals surface area contributed by atoms with E-state index in [9.17, 15) is 4.39 Å². The second-order valence-electron chi connectivity index (χ2n) is 6.55. The zero-order valence-corrected chi connectivity index (χ0v) is 14.9. The fraction of sp³-hybridized carbons (Fsp3) is 0.368. The van der Waals surface area contributed by atoms with Gasteiger partial charge < -0.3 is 10.5 Å². The maximum Gasteiger partial charge on any atom is 0.154 e. The Morgan fingerprint density at radius 1 is 1.32 bits per heavy atom. The summed E-state index contributed by atoms with van der Waals surface area (Å²) in [6, 6.07) is 8.82. The topological polar surface area (TPSA) is 60.5 Å².